The van der Waals surface area contributed by atoms with Crippen molar-refractivity contribution in [2.24, 2.45) is 11.8 Å². The molecule has 1 aromatic carbocycles. The molecule has 0 aliphatic carbocycles. The molecule has 3 rings (SSSR count). The number of carbonyl (C=O) groups excluding carboxylic acids is 2. The van der Waals surface area contributed by atoms with Gasteiger partial charge in [-0.25, -0.2) is 0 Å². The molecule has 1 aromatic rings. The summed E-state index contributed by atoms with van der Waals surface area (Å²) in [7, 11) is 0. The third kappa shape index (κ3) is 5.45. The number of rotatable bonds is 5. The second kappa shape index (κ2) is 9.56. The van der Waals surface area contributed by atoms with E-state index in [0.717, 1.165) is 37.9 Å². The Morgan fingerprint density at radius 3 is 2.56 bits per heavy atom. The lowest BCUT2D eigenvalue weighted by molar-refractivity contribution is -0.144. The molecule has 2 fully saturated rings. The van der Waals surface area contributed by atoms with Gasteiger partial charge in [-0.3, -0.25) is 9.59 Å². The van der Waals surface area contributed by atoms with Gasteiger partial charge < -0.3 is 14.5 Å². The minimum absolute atomic E-state index is 0.0143. The molecule has 2 aliphatic heterocycles. The first-order chi connectivity index (χ1) is 13.0. The van der Waals surface area contributed by atoms with Crippen LogP contribution in [0.2, 0.25) is 5.02 Å². The summed E-state index contributed by atoms with van der Waals surface area (Å²) in [6.45, 7) is 5.62. The lowest BCUT2D eigenvalue weighted by Gasteiger charge is -2.37. The highest BCUT2D eigenvalue weighted by atomic mass is 35.5. The van der Waals surface area contributed by atoms with Crippen molar-refractivity contribution in [1.82, 2.24) is 9.80 Å². The van der Waals surface area contributed by atoms with Crippen LogP contribution < -0.4 is 0 Å². The molecule has 2 heterocycles. The van der Waals surface area contributed by atoms with Crippen molar-refractivity contribution in [3.63, 3.8) is 0 Å². The number of hydrogen-bond donors (Lipinski definition) is 0. The SMILES string of the molecule is CC1CCCN(C(=O)C2CCN(C(=O)COCc3ccccc3Cl)CC2)C1. The molecule has 1 atom stereocenters. The van der Waals surface area contributed by atoms with Gasteiger partial charge in [-0.15, -0.1) is 0 Å². The van der Waals surface area contributed by atoms with Gasteiger partial charge in [0.25, 0.3) is 0 Å². The lowest BCUT2D eigenvalue weighted by Crippen LogP contribution is -2.47. The average molecular weight is 393 g/mol. The maximum absolute atomic E-state index is 12.7. The number of hydrogen-bond acceptors (Lipinski definition) is 3. The van der Waals surface area contributed by atoms with E-state index in [2.05, 4.69) is 6.92 Å². The molecule has 6 heteroatoms. The van der Waals surface area contributed by atoms with Crippen LogP contribution in [0.1, 0.15) is 38.2 Å². The van der Waals surface area contributed by atoms with Crippen LogP contribution >= 0.6 is 11.6 Å². The molecule has 0 aromatic heterocycles. The zero-order valence-electron chi connectivity index (χ0n) is 16.0. The quantitative estimate of drug-likeness (QED) is 0.772. The molecule has 0 spiro atoms. The summed E-state index contributed by atoms with van der Waals surface area (Å²) in [6, 6.07) is 7.47. The Labute approximate surface area is 166 Å². The van der Waals surface area contributed by atoms with Crippen molar-refractivity contribution >= 4 is 23.4 Å². The summed E-state index contributed by atoms with van der Waals surface area (Å²) < 4.78 is 5.55. The Kier molecular flexibility index (Phi) is 7.13. The third-order valence-corrected chi connectivity index (χ3v) is 5.98. The van der Waals surface area contributed by atoms with Crippen molar-refractivity contribution in [2.45, 2.75) is 39.2 Å². The first kappa shape index (κ1) is 20.2. The van der Waals surface area contributed by atoms with Gasteiger partial charge in [0, 0.05) is 37.1 Å². The van der Waals surface area contributed by atoms with Gasteiger partial charge in [-0.05, 0) is 43.2 Å². The highest BCUT2D eigenvalue weighted by Crippen LogP contribution is 2.24. The maximum Gasteiger partial charge on any atom is 0.248 e. The number of ether oxygens (including phenoxy) is 1. The molecule has 27 heavy (non-hydrogen) atoms. The fourth-order valence-electron chi connectivity index (χ4n) is 3.98. The van der Waals surface area contributed by atoms with Crippen molar-refractivity contribution in [2.75, 3.05) is 32.8 Å². The number of nitrogens with zero attached hydrogens (tertiary/aromatic N) is 2. The zero-order valence-corrected chi connectivity index (χ0v) is 16.8. The number of halogens is 1. The van der Waals surface area contributed by atoms with Crippen molar-refractivity contribution in [1.29, 1.82) is 0 Å². The van der Waals surface area contributed by atoms with Crippen molar-refractivity contribution in [3.05, 3.63) is 34.9 Å². The number of benzene rings is 1. The number of piperidine rings is 2. The molecule has 2 saturated heterocycles. The van der Waals surface area contributed by atoms with Crippen LogP contribution in [0.3, 0.4) is 0 Å². The van der Waals surface area contributed by atoms with E-state index in [1.807, 2.05) is 34.1 Å². The van der Waals surface area contributed by atoms with Gasteiger partial charge in [0.15, 0.2) is 0 Å². The molecule has 0 saturated carbocycles. The monoisotopic (exact) mass is 392 g/mol. The summed E-state index contributed by atoms with van der Waals surface area (Å²) >= 11 is 6.10. The van der Waals surface area contributed by atoms with Gasteiger partial charge in [-0.1, -0.05) is 36.7 Å². The largest absolute Gasteiger partial charge is 0.367 e. The Morgan fingerprint density at radius 2 is 1.85 bits per heavy atom. The van der Waals surface area contributed by atoms with Crippen LogP contribution in [-0.2, 0) is 20.9 Å². The van der Waals surface area contributed by atoms with Crippen LogP contribution in [0.5, 0.6) is 0 Å². The summed E-state index contributed by atoms with van der Waals surface area (Å²) in [6.07, 6.45) is 3.82. The van der Waals surface area contributed by atoms with E-state index in [0.29, 0.717) is 30.6 Å². The van der Waals surface area contributed by atoms with E-state index in [9.17, 15) is 9.59 Å². The molecule has 5 nitrogen and oxygen atoms in total. The predicted octanol–water partition coefficient (Wildman–Crippen LogP) is 3.35. The highest BCUT2D eigenvalue weighted by Gasteiger charge is 2.31. The Balaban J connectivity index is 1.40. The molecule has 2 aliphatic rings. The number of carbonyl (C=O) groups is 2. The summed E-state index contributed by atoms with van der Waals surface area (Å²) in [5, 5.41) is 0.649. The van der Waals surface area contributed by atoms with E-state index < -0.39 is 0 Å². The second-order valence-corrected chi connectivity index (χ2v) is 8.18. The standard InChI is InChI=1S/C21H29ClN2O3/c1-16-5-4-10-24(13-16)21(26)17-8-11-23(12-9-17)20(25)15-27-14-18-6-2-3-7-19(18)22/h2-3,6-7,16-17H,4-5,8-15H2,1H3. The van der Waals surface area contributed by atoms with Crippen molar-refractivity contribution < 1.29 is 14.3 Å². The van der Waals surface area contributed by atoms with Gasteiger partial charge in [0.1, 0.15) is 6.61 Å². The maximum atomic E-state index is 12.7. The molecule has 1 unspecified atom stereocenters. The van der Waals surface area contributed by atoms with Gasteiger partial charge >= 0.3 is 0 Å². The first-order valence-electron chi connectivity index (χ1n) is 9.92. The smallest absolute Gasteiger partial charge is 0.248 e. The normalized spacial score (nSPS) is 21.3. The van der Waals surface area contributed by atoms with Crippen LogP contribution in [0.4, 0.5) is 0 Å². The fraction of sp³-hybridized carbons (Fsp3) is 0.619. The average Bonchev–Trinajstić information content (AvgIpc) is 2.69. The van der Waals surface area contributed by atoms with Crippen LogP contribution in [0.25, 0.3) is 0 Å². The fourth-order valence-corrected chi connectivity index (χ4v) is 4.17. The summed E-state index contributed by atoms with van der Waals surface area (Å²) in [5.74, 6) is 0.922. The minimum Gasteiger partial charge on any atom is -0.367 e. The van der Waals surface area contributed by atoms with Crippen LogP contribution in [0, 0.1) is 11.8 Å². The Bertz CT molecular complexity index is 659. The van der Waals surface area contributed by atoms with E-state index in [1.54, 1.807) is 0 Å². The molecule has 0 bridgehead atoms. The molecule has 2 amide bonds. The number of amides is 2. The first-order valence-corrected chi connectivity index (χ1v) is 10.3. The minimum atomic E-state index is -0.0143. The second-order valence-electron chi connectivity index (χ2n) is 7.77. The molecule has 148 valence electrons. The predicted molar refractivity (Wildman–Crippen MR) is 105 cm³/mol. The van der Waals surface area contributed by atoms with E-state index in [1.165, 1.54) is 6.42 Å². The Morgan fingerprint density at radius 1 is 1.11 bits per heavy atom. The molecular formula is C21H29ClN2O3. The van der Waals surface area contributed by atoms with E-state index in [-0.39, 0.29) is 24.3 Å². The molecule has 0 radical (unpaired) electrons. The van der Waals surface area contributed by atoms with Crippen LogP contribution in [0.15, 0.2) is 24.3 Å². The van der Waals surface area contributed by atoms with Crippen LogP contribution in [-0.4, -0.2) is 54.4 Å². The topological polar surface area (TPSA) is 49.9 Å². The van der Waals surface area contributed by atoms with E-state index >= 15 is 0 Å². The third-order valence-electron chi connectivity index (χ3n) is 5.61. The van der Waals surface area contributed by atoms with Crippen molar-refractivity contribution in [3.8, 4) is 0 Å². The highest BCUT2D eigenvalue weighted by molar-refractivity contribution is 6.31. The summed E-state index contributed by atoms with van der Waals surface area (Å²) in [4.78, 5) is 28.9. The molecular weight excluding hydrogens is 364 g/mol. The van der Waals surface area contributed by atoms with E-state index in [4.69, 9.17) is 16.3 Å². The Hall–Kier alpha value is -1.59. The van der Waals surface area contributed by atoms with Gasteiger partial charge in [0.05, 0.1) is 6.61 Å². The lowest BCUT2D eigenvalue weighted by atomic mass is 9.93. The van der Waals surface area contributed by atoms with Gasteiger partial charge in [0.2, 0.25) is 11.8 Å². The molecule has 0 N–H and O–H groups in total. The zero-order chi connectivity index (χ0) is 19.2. The summed E-state index contributed by atoms with van der Waals surface area (Å²) in [5.41, 5.74) is 0.882. The number of likely N-dealkylation sites (tertiary alicyclic amines) is 2. The van der Waals surface area contributed by atoms with Gasteiger partial charge in [-0.2, -0.15) is 0 Å².